The van der Waals surface area contributed by atoms with E-state index in [4.69, 9.17) is 0 Å². The number of hydrogen-bond acceptors (Lipinski definition) is 2. The summed E-state index contributed by atoms with van der Waals surface area (Å²) in [5.74, 6) is -0.573. The number of halogens is 4. The van der Waals surface area contributed by atoms with Crippen molar-refractivity contribution < 1.29 is 9.59 Å². The molecule has 96 valence electrons. The molecule has 1 aliphatic carbocycles. The van der Waals surface area contributed by atoms with E-state index in [9.17, 15) is 9.59 Å². The molecule has 19 heavy (non-hydrogen) atoms. The van der Waals surface area contributed by atoms with E-state index in [-0.39, 0.29) is 11.6 Å². The minimum Gasteiger partial charge on any atom is -0.291 e. The lowest BCUT2D eigenvalue weighted by Gasteiger charge is -2.08. The molecule has 0 saturated carbocycles. The second-order valence-corrected chi connectivity index (χ2v) is 9.19. The van der Waals surface area contributed by atoms with Crippen LogP contribution in [0.1, 0.15) is 20.7 Å². The minimum absolute atomic E-state index is 0.286. The van der Waals surface area contributed by atoms with Crippen LogP contribution in [0.25, 0.3) is 10.8 Å². The van der Waals surface area contributed by atoms with E-state index in [2.05, 4.69) is 63.7 Å². The molecule has 0 bridgehead atoms. The van der Waals surface area contributed by atoms with Gasteiger partial charge in [-0.3, -0.25) is 9.59 Å². The fourth-order valence-corrected chi connectivity index (χ4v) is 4.44. The van der Waals surface area contributed by atoms with E-state index in [1.54, 1.807) is 0 Å². The van der Waals surface area contributed by atoms with E-state index < -0.39 is 3.23 Å². The molecule has 1 aliphatic rings. The number of hydrogen-bond donors (Lipinski definition) is 0. The van der Waals surface area contributed by atoms with Gasteiger partial charge in [-0.05, 0) is 42.6 Å². The predicted octanol–water partition coefficient (Wildman–Crippen LogP) is 5.23. The third kappa shape index (κ3) is 1.76. The van der Waals surface area contributed by atoms with Gasteiger partial charge in [-0.2, -0.15) is 0 Å². The van der Waals surface area contributed by atoms with Gasteiger partial charge in [0.1, 0.15) is 0 Å². The number of rotatable bonds is 0. The standard InChI is InChI=1S/C13H4Br4O2/c14-9-5-3-1-2-4-6(5)10(15)8-7(9)11(18)13(16,17)12(8)19/h1-4H. The van der Waals surface area contributed by atoms with Crippen molar-refractivity contribution in [3.8, 4) is 0 Å². The monoisotopic (exact) mass is 508 g/mol. The molecule has 0 fully saturated rings. The predicted molar refractivity (Wildman–Crippen MR) is 88.6 cm³/mol. The van der Waals surface area contributed by atoms with Crippen LogP contribution in [-0.2, 0) is 0 Å². The number of carbonyl (C=O) groups excluding carboxylic acids is 2. The zero-order valence-electron chi connectivity index (χ0n) is 9.14. The second kappa shape index (κ2) is 4.48. The highest BCUT2D eigenvalue weighted by Crippen LogP contribution is 2.49. The van der Waals surface area contributed by atoms with Crippen molar-refractivity contribution in [3.63, 3.8) is 0 Å². The lowest BCUT2D eigenvalue weighted by atomic mass is 10.0. The molecule has 0 amide bonds. The van der Waals surface area contributed by atoms with Gasteiger partial charge in [0.25, 0.3) is 0 Å². The fraction of sp³-hybridized carbons (Fsp3) is 0.0769. The minimum atomic E-state index is -1.36. The van der Waals surface area contributed by atoms with Crippen molar-refractivity contribution in [1.29, 1.82) is 0 Å². The molecule has 0 spiro atoms. The highest BCUT2D eigenvalue weighted by Gasteiger charge is 2.52. The Hall–Kier alpha value is -0.0400. The van der Waals surface area contributed by atoms with E-state index >= 15 is 0 Å². The number of ketones is 2. The lowest BCUT2D eigenvalue weighted by Crippen LogP contribution is -2.26. The van der Waals surface area contributed by atoms with Gasteiger partial charge in [0.2, 0.25) is 3.23 Å². The van der Waals surface area contributed by atoms with Crippen LogP contribution in [0.15, 0.2) is 33.2 Å². The molecule has 2 nitrogen and oxygen atoms in total. The molecule has 0 unspecified atom stereocenters. The highest BCUT2D eigenvalue weighted by atomic mass is 79.9. The second-order valence-electron chi connectivity index (χ2n) is 4.16. The number of alkyl halides is 2. The molecule has 2 aromatic carbocycles. The first-order valence-corrected chi connectivity index (χ1v) is 8.41. The Morgan fingerprint density at radius 3 is 1.53 bits per heavy atom. The van der Waals surface area contributed by atoms with Crippen molar-refractivity contribution in [3.05, 3.63) is 44.3 Å². The van der Waals surface area contributed by atoms with Crippen LogP contribution in [0.5, 0.6) is 0 Å². The van der Waals surface area contributed by atoms with Gasteiger partial charge in [-0.1, -0.05) is 56.1 Å². The largest absolute Gasteiger partial charge is 0.291 e. The van der Waals surface area contributed by atoms with Crippen molar-refractivity contribution in [1.82, 2.24) is 0 Å². The van der Waals surface area contributed by atoms with Crippen LogP contribution in [-0.4, -0.2) is 14.8 Å². The van der Waals surface area contributed by atoms with Crippen LogP contribution in [0, 0.1) is 0 Å². The average Bonchev–Trinajstić information content (AvgIpc) is 2.57. The van der Waals surface area contributed by atoms with Gasteiger partial charge in [0.15, 0.2) is 11.6 Å². The zero-order valence-corrected chi connectivity index (χ0v) is 15.5. The third-order valence-electron chi connectivity index (χ3n) is 3.11. The van der Waals surface area contributed by atoms with Gasteiger partial charge in [-0.15, -0.1) is 0 Å². The Morgan fingerprint density at radius 1 is 0.789 bits per heavy atom. The SMILES string of the molecule is O=C1c2c(c(Br)c3ccccc3c2Br)C(=O)C1(Br)Br. The topological polar surface area (TPSA) is 34.1 Å². The maximum Gasteiger partial charge on any atom is 0.205 e. The Balaban J connectivity index is 2.55. The molecule has 0 saturated heterocycles. The van der Waals surface area contributed by atoms with Crippen LogP contribution in [0.4, 0.5) is 0 Å². The number of fused-ring (bicyclic) bond motifs is 2. The summed E-state index contributed by atoms with van der Waals surface area (Å²) in [4.78, 5) is 24.8. The summed E-state index contributed by atoms with van der Waals surface area (Å²) in [5.41, 5.74) is 0.814. The molecular formula is C13H4Br4O2. The lowest BCUT2D eigenvalue weighted by molar-refractivity contribution is 0.0922. The highest BCUT2D eigenvalue weighted by molar-refractivity contribution is 9.26. The normalized spacial score (nSPS) is 17.1. The van der Waals surface area contributed by atoms with Crippen LogP contribution < -0.4 is 0 Å². The van der Waals surface area contributed by atoms with E-state index in [1.165, 1.54) is 0 Å². The van der Waals surface area contributed by atoms with Crippen molar-refractivity contribution in [2.24, 2.45) is 0 Å². The number of Topliss-reactive ketones (excluding diaryl/α,β-unsaturated/α-hetero) is 2. The quantitative estimate of drug-likeness (QED) is 0.359. The summed E-state index contributed by atoms with van der Waals surface area (Å²) < 4.78 is -0.0501. The summed E-state index contributed by atoms with van der Waals surface area (Å²) in [6.07, 6.45) is 0. The molecular weight excluding hydrogens is 508 g/mol. The molecule has 0 atom stereocenters. The molecule has 0 aromatic heterocycles. The molecule has 3 rings (SSSR count). The first-order valence-electron chi connectivity index (χ1n) is 5.24. The van der Waals surface area contributed by atoms with Gasteiger partial charge < -0.3 is 0 Å². The number of benzene rings is 2. The van der Waals surface area contributed by atoms with E-state index in [0.29, 0.717) is 20.1 Å². The molecule has 0 aliphatic heterocycles. The molecule has 0 heterocycles. The molecule has 2 aromatic rings. The summed E-state index contributed by atoms with van der Waals surface area (Å²) in [7, 11) is 0. The Labute approximate surface area is 142 Å². The fourth-order valence-electron chi connectivity index (χ4n) is 2.20. The van der Waals surface area contributed by atoms with Crippen LogP contribution in [0.3, 0.4) is 0 Å². The Bertz CT molecular complexity index is 702. The van der Waals surface area contributed by atoms with E-state index in [1.807, 2.05) is 24.3 Å². The zero-order chi connectivity index (χ0) is 13.9. The molecule has 0 radical (unpaired) electrons. The van der Waals surface area contributed by atoms with Crippen molar-refractivity contribution in [2.75, 3.05) is 0 Å². The first kappa shape index (κ1) is 13.9. The van der Waals surface area contributed by atoms with Crippen molar-refractivity contribution in [2.45, 2.75) is 3.23 Å². The summed E-state index contributed by atoms with van der Waals surface area (Å²) in [6, 6.07) is 7.60. The van der Waals surface area contributed by atoms with Gasteiger partial charge in [0.05, 0.1) is 0 Å². The van der Waals surface area contributed by atoms with Crippen LogP contribution >= 0.6 is 63.7 Å². The van der Waals surface area contributed by atoms with Gasteiger partial charge >= 0.3 is 0 Å². The maximum atomic E-state index is 12.4. The first-order chi connectivity index (χ1) is 8.87. The maximum absolute atomic E-state index is 12.4. The Kier molecular flexibility index (Phi) is 3.28. The number of carbonyl (C=O) groups is 2. The molecule has 0 N–H and O–H groups in total. The summed E-state index contributed by atoms with van der Waals surface area (Å²) in [6.45, 7) is 0. The third-order valence-corrected chi connectivity index (χ3v) is 6.20. The smallest absolute Gasteiger partial charge is 0.205 e. The Morgan fingerprint density at radius 2 is 1.16 bits per heavy atom. The van der Waals surface area contributed by atoms with Crippen LogP contribution in [0.2, 0.25) is 0 Å². The van der Waals surface area contributed by atoms with Gasteiger partial charge in [-0.25, -0.2) is 0 Å². The van der Waals surface area contributed by atoms with Crippen molar-refractivity contribution >= 4 is 86.1 Å². The van der Waals surface area contributed by atoms with E-state index in [0.717, 1.165) is 10.8 Å². The summed E-state index contributed by atoms with van der Waals surface area (Å²) >= 11 is 13.2. The molecule has 6 heteroatoms. The average molecular weight is 512 g/mol. The summed E-state index contributed by atoms with van der Waals surface area (Å²) in [5, 5.41) is 1.79. The van der Waals surface area contributed by atoms with Gasteiger partial charge in [0, 0.05) is 20.1 Å².